The second-order valence-electron chi connectivity index (χ2n) is 4.45. The van der Waals surface area contributed by atoms with Crippen LogP contribution in [0.3, 0.4) is 0 Å². The van der Waals surface area contributed by atoms with Crippen molar-refractivity contribution >= 4 is 32.8 Å². The van der Waals surface area contributed by atoms with Crippen LogP contribution < -0.4 is 5.43 Å². The van der Waals surface area contributed by atoms with Crippen molar-refractivity contribution in [3.8, 4) is 0 Å². The van der Waals surface area contributed by atoms with E-state index in [0.717, 1.165) is 10.9 Å². The van der Waals surface area contributed by atoms with E-state index in [4.69, 9.17) is 4.42 Å². The van der Waals surface area contributed by atoms with E-state index in [1.165, 1.54) is 0 Å². The summed E-state index contributed by atoms with van der Waals surface area (Å²) >= 11 is 0. The SMILES string of the molecule is O=c1c2ccccc2oc2c1cnc1ccccc12. The smallest absolute Gasteiger partial charge is 0.202 e. The van der Waals surface area contributed by atoms with Crippen LogP contribution in [0.15, 0.2) is 63.9 Å². The van der Waals surface area contributed by atoms with Gasteiger partial charge >= 0.3 is 0 Å². The van der Waals surface area contributed by atoms with Crippen LogP contribution in [-0.4, -0.2) is 4.98 Å². The highest BCUT2D eigenvalue weighted by Gasteiger charge is 2.10. The van der Waals surface area contributed by atoms with Crippen molar-refractivity contribution in [3.05, 3.63) is 65.0 Å². The number of pyridine rings is 1. The van der Waals surface area contributed by atoms with E-state index in [2.05, 4.69) is 4.98 Å². The minimum Gasteiger partial charge on any atom is -0.455 e. The van der Waals surface area contributed by atoms with Crippen LogP contribution in [0.4, 0.5) is 0 Å². The van der Waals surface area contributed by atoms with Gasteiger partial charge < -0.3 is 4.42 Å². The van der Waals surface area contributed by atoms with Crippen molar-refractivity contribution in [2.24, 2.45) is 0 Å². The number of rotatable bonds is 0. The molecule has 0 aliphatic heterocycles. The summed E-state index contributed by atoms with van der Waals surface area (Å²) in [4.78, 5) is 16.7. The molecule has 0 bridgehead atoms. The van der Waals surface area contributed by atoms with Gasteiger partial charge in [0, 0.05) is 11.6 Å². The van der Waals surface area contributed by atoms with Gasteiger partial charge in [-0.25, -0.2) is 0 Å². The zero-order chi connectivity index (χ0) is 12.8. The Bertz CT molecular complexity index is 986. The molecule has 0 unspecified atom stereocenters. The molecule has 2 heterocycles. The number of aromatic nitrogens is 1. The number of hydrogen-bond acceptors (Lipinski definition) is 3. The Labute approximate surface area is 108 Å². The first-order valence-electron chi connectivity index (χ1n) is 6.04. The zero-order valence-corrected chi connectivity index (χ0v) is 9.96. The number of para-hydroxylation sites is 2. The standard InChI is InChI=1S/C16H9NO2/c18-15-11-6-2-4-8-14(11)19-16-10-5-1-3-7-13(10)17-9-12(15)16/h1-9H. The molecule has 90 valence electrons. The molecule has 0 N–H and O–H groups in total. The molecule has 0 fully saturated rings. The third-order valence-electron chi connectivity index (χ3n) is 3.31. The number of fused-ring (bicyclic) bond motifs is 4. The highest BCUT2D eigenvalue weighted by atomic mass is 16.3. The lowest BCUT2D eigenvalue weighted by atomic mass is 10.1. The van der Waals surface area contributed by atoms with E-state index in [9.17, 15) is 4.79 Å². The van der Waals surface area contributed by atoms with E-state index in [0.29, 0.717) is 21.9 Å². The van der Waals surface area contributed by atoms with Gasteiger partial charge in [0.15, 0.2) is 0 Å². The van der Waals surface area contributed by atoms with Crippen LogP contribution in [0.25, 0.3) is 32.8 Å². The van der Waals surface area contributed by atoms with Crippen molar-refractivity contribution in [2.45, 2.75) is 0 Å². The second kappa shape index (κ2) is 3.65. The Hall–Kier alpha value is -2.68. The summed E-state index contributed by atoms with van der Waals surface area (Å²) in [5.74, 6) is 0. The van der Waals surface area contributed by atoms with E-state index >= 15 is 0 Å². The molecular formula is C16H9NO2. The minimum absolute atomic E-state index is 0.0323. The molecule has 0 saturated heterocycles. The topological polar surface area (TPSA) is 43.1 Å². The quantitative estimate of drug-likeness (QED) is 0.353. The fourth-order valence-electron chi connectivity index (χ4n) is 2.39. The van der Waals surface area contributed by atoms with E-state index in [1.54, 1.807) is 12.3 Å². The summed E-state index contributed by atoms with van der Waals surface area (Å²) in [6.45, 7) is 0. The molecule has 0 atom stereocenters. The van der Waals surface area contributed by atoms with Crippen LogP contribution in [0.1, 0.15) is 0 Å². The average Bonchev–Trinajstić information content (AvgIpc) is 2.47. The van der Waals surface area contributed by atoms with Crippen molar-refractivity contribution in [1.29, 1.82) is 0 Å². The third-order valence-corrected chi connectivity index (χ3v) is 3.31. The Balaban J connectivity index is 2.36. The van der Waals surface area contributed by atoms with E-state index in [1.807, 2.05) is 42.5 Å². The number of hydrogen-bond donors (Lipinski definition) is 0. The molecule has 3 nitrogen and oxygen atoms in total. The van der Waals surface area contributed by atoms with Crippen LogP contribution in [-0.2, 0) is 0 Å². The van der Waals surface area contributed by atoms with Crippen molar-refractivity contribution in [3.63, 3.8) is 0 Å². The summed E-state index contributed by atoms with van der Waals surface area (Å²) in [6.07, 6.45) is 1.59. The van der Waals surface area contributed by atoms with Gasteiger partial charge in [-0.15, -0.1) is 0 Å². The maximum atomic E-state index is 12.4. The molecule has 0 saturated carbocycles. The molecular weight excluding hydrogens is 238 g/mol. The van der Waals surface area contributed by atoms with Gasteiger partial charge in [-0.2, -0.15) is 0 Å². The highest BCUT2D eigenvalue weighted by Crippen LogP contribution is 2.24. The maximum absolute atomic E-state index is 12.4. The van der Waals surface area contributed by atoms with Gasteiger partial charge in [0.25, 0.3) is 0 Å². The molecule has 0 aliphatic carbocycles. The predicted molar refractivity (Wildman–Crippen MR) is 75.3 cm³/mol. The van der Waals surface area contributed by atoms with E-state index < -0.39 is 0 Å². The second-order valence-corrected chi connectivity index (χ2v) is 4.45. The molecule has 19 heavy (non-hydrogen) atoms. The molecule has 4 rings (SSSR count). The van der Waals surface area contributed by atoms with Crippen LogP contribution in [0.2, 0.25) is 0 Å². The van der Waals surface area contributed by atoms with Gasteiger partial charge in [-0.05, 0) is 24.3 Å². The molecule has 0 spiro atoms. The average molecular weight is 247 g/mol. The molecule has 2 aromatic heterocycles. The van der Waals surface area contributed by atoms with Gasteiger partial charge in [-0.1, -0.05) is 24.3 Å². The predicted octanol–water partition coefficient (Wildman–Crippen LogP) is 3.49. The molecule has 2 aromatic carbocycles. The highest BCUT2D eigenvalue weighted by molar-refractivity contribution is 6.04. The summed E-state index contributed by atoms with van der Waals surface area (Å²) < 4.78 is 5.90. The Morgan fingerprint density at radius 1 is 0.842 bits per heavy atom. The molecule has 0 aliphatic rings. The van der Waals surface area contributed by atoms with Crippen LogP contribution in [0.5, 0.6) is 0 Å². The first-order valence-corrected chi connectivity index (χ1v) is 6.04. The Morgan fingerprint density at radius 3 is 2.47 bits per heavy atom. The van der Waals surface area contributed by atoms with E-state index in [-0.39, 0.29) is 5.43 Å². The number of benzene rings is 2. The van der Waals surface area contributed by atoms with Gasteiger partial charge in [0.05, 0.1) is 16.3 Å². The summed E-state index contributed by atoms with van der Waals surface area (Å²) in [7, 11) is 0. The molecule has 0 radical (unpaired) electrons. The monoisotopic (exact) mass is 247 g/mol. The van der Waals surface area contributed by atoms with Crippen molar-refractivity contribution in [1.82, 2.24) is 4.98 Å². The lowest BCUT2D eigenvalue weighted by Crippen LogP contribution is -2.02. The van der Waals surface area contributed by atoms with Gasteiger partial charge in [-0.3, -0.25) is 9.78 Å². The molecule has 4 aromatic rings. The van der Waals surface area contributed by atoms with Gasteiger partial charge in [0.1, 0.15) is 11.2 Å². The fourth-order valence-corrected chi connectivity index (χ4v) is 2.39. The normalized spacial score (nSPS) is 11.4. The summed E-state index contributed by atoms with van der Waals surface area (Å²) in [5.41, 5.74) is 2.01. The summed E-state index contributed by atoms with van der Waals surface area (Å²) in [5, 5.41) is 1.98. The molecule has 3 heteroatoms. The fraction of sp³-hybridized carbons (Fsp3) is 0. The maximum Gasteiger partial charge on any atom is 0.202 e. The lowest BCUT2D eigenvalue weighted by molar-refractivity contribution is 0.663. The van der Waals surface area contributed by atoms with Crippen molar-refractivity contribution < 1.29 is 4.42 Å². The Morgan fingerprint density at radius 2 is 1.58 bits per heavy atom. The lowest BCUT2D eigenvalue weighted by Gasteiger charge is -2.03. The summed E-state index contributed by atoms with van der Waals surface area (Å²) in [6, 6.07) is 14.9. The Kier molecular flexibility index (Phi) is 1.97. The third kappa shape index (κ3) is 1.38. The minimum atomic E-state index is -0.0323. The zero-order valence-electron chi connectivity index (χ0n) is 9.96. The first-order chi connectivity index (χ1) is 9.34. The van der Waals surface area contributed by atoms with Crippen molar-refractivity contribution in [2.75, 3.05) is 0 Å². The first kappa shape index (κ1) is 10.3. The molecule has 0 amide bonds. The van der Waals surface area contributed by atoms with Crippen LogP contribution in [0, 0.1) is 0 Å². The van der Waals surface area contributed by atoms with Gasteiger partial charge in [0.2, 0.25) is 5.43 Å². The van der Waals surface area contributed by atoms with Crippen LogP contribution >= 0.6 is 0 Å². The largest absolute Gasteiger partial charge is 0.455 e. The number of nitrogens with zero attached hydrogens (tertiary/aromatic N) is 1.